The van der Waals surface area contributed by atoms with Crippen LogP contribution in [0.4, 0.5) is 4.79 Å². The zero-order valence-corrected chi connectivity index (χ0v) is 13.5. The molecule has 1 atom stereocenters. The molecule has 6 nitrogen and oxygen atoms in total. The van der Waals surface area contributed by atoms with Crippen molar-refractivity contribution in [3.8, 4) is 5.88 Å². The number of carbonyl (C=O) groups excluding carboxylic acids is 1. The Morgan fingerprint density at radius 2 is 2.18 bits per heavy atom. The highest BCUT2D eigenvalue weighted by molar-refractivity contribution is 5.73. The molecule has 0 saturated carbocycles. The van der Waals surface area contributed by atoms with Crippen molar-refractivity contribution in [3.05, 3.63) is 23.9 Å². The molecule has 22 heavy (non-hydrogen) atoms. The van der Waals surface area contributed by atoms with Crippen LogP contribution < -0.4 is 15.4 Å². The van der Waals surface area contributed by atoms with Crippen molar-refractivity contribution in [2.24, 2.45) is 0 Å². The summed E-state index contributed by atoms with van der Waals surface area (Å²) >= 11 is 0. The van der Waals surface area contributed by atoms with Crippen LogP contribution in [0, 0.1) is 0 Å². The topological polar surface area (TPSA) is 66.5 Å². The lowest BCUT2D eigenvalue weighted by molar-refractivity contribution is 0.226. The highest BCUT2D eigenvalue weighted by Crippen LogP contribution is 2.13. The minimum Gasteiger partial charge on any atom is -0.478 e. The van der Waals surface area contributed by atoms with E-state index in [0.29, 0.717) is 31.6 Å². The van der Waals surface area contributed by atoms with E-state index in [4.69, 9.17) is 4.74 Å². The maximum atomic E-state index is 11.9. The van der Waals surface area contributed by atoms with E-state index in [9.17, 15) is 4.79 Å². The van der Waals surface area contributed by atoms with E-state index in [1.807, 2.05) is 19.1 Å². The number of amides is 2. The van der Waals surface area contributed by atoms with Gasteiger partial charge >= 0.3 is 6.03 Å². The first-order chi connectivity index (χ1) is 10.7. The number of hydrogen-bond acceptors (Lipinski definition) is 4. The molecule has 1 aromatic rings. The zero-order valence-electron chi connectivity index (χ0n) is 13.5. The molecule has 2 rings (SSSR count). The van der Waals surface area contributed by atoms with Crippen LogP contribution in [0.15, 0.2) is 18.3 Å². The van der Waals surface area contributed by atoms with Crippen LogP contribution in [-0.4, -0.2) is 48.2 Å². The lowest BCUT2D eigenvalue weighted by Gasteiger charge is -2.23. The number of carbonyl (C=O) groups is 1. The first-order valence-corrected chi connectivity index (χ1v) is 8.03. The number of ether oxygens (including phenoxy) is 1. The average molecular weight is 306 g/mol. The molecule has 1 unspecified atom stereocenters. The number of rotatable bonds is 7. The number of urea groups is 1. The molecule has 0 spiro atoms. The number of pyridine rings is 1. The molecule has 1 fully saturated rings. The van der Waals surface area contributed by atoms with Gasteiger partial charge in [-0.15, -0.1) is 0 Å². The Labute approximate surface area is 132 Å². The summed E-state index contributed by atoms with van der Waals surface area (Å²) < 4.78 is 5.45. The Morgan fingerprint density at radius 1 is 1.41 bits per heavy atom. The van der Waals surface area contributed by atoms with Crippen LogP contribution in [0.5, 0.6) is 5.88 Å². The fourth-order valence-electron chi connectivity index (χ4n) is 2.62. The second-order valence-electron chi connectivity index (χ2n) is 5.56. The van der Waals surface area contributed by atoms with Gasteiger partial charge in [-0.2, -0.15) is 0 Å². The van der Waals surface area contributed by atoms with Crippen molar-refractivity contribution in [1.82, 2.24) is 20.5 Å². The van der Waals surface area contributed by atoms with Gasteiger partial charge in [0.15, 0.2) is 0 Å². The predicted octanol–water partition coefficient (Wildman–Crippen LogP) is 1.76. The van der Waals surface area contributed by atoms with Gasteiger partial charge in [0.2, 0.25) is 5.88 Å². The first kappa shape index (κ1) is 16.5. The molecule has 0 aromatic carbocycles. The van der Waals surface area contributed by atoms with Crippen molar-refractivity contribution in [2.75, 3.05) is 26.2 Å². The van der Waals surface area contributed by atoms with Crippen LogP contribution in [0.2, 0.25) is 0 Å². The SMILES string of the molecule is CCOc1ncccc1CNC(=O)NCC(C)N1CCCC1. The molecule has 1 aromatic heterocycles. The minimum atomic E-state index is -0.155. The number of aromatic nitrogens is 1. The normalized spacial score (nSPS) is 16.3. The van der Waals surface area contributed by atoms with Gasteiger partial charge < -0.3 is 15.4 Å². The summed E-state index contributed by atoms with van der Waals surface area (Å²) in [5, 5.41) is 5.78. The Bertz CT molecular complexity index is 475. The van der Waals surface area contributed by atoms with E-state index < -0.39 is 0 Å². The number of likely N-dealkylation sites (tertiary alicyclic amines) is 1. The van der Waals surface area contributed by atoms with E-state index in [-0.39, 0.29) is 6.03 Å². The van der Waals surface area contributed by atoms with Crippen LogP contribution >= 0.6 is 0 Å². The Hall–Kier alpha value is -1.82. The molecule has 6 heteroatoms. The van der Waals surface area contributed by atoms with Crippen molar-refractivity contribution in [2.45, 2.75) is 39.3 Å². The summed E-state index contributed by atoms with van der Waals surface area (Å²) in [7, 11) is 0. The van der Waals surface area contributed by atoms with Gasteiger partial charge in [0.05, 0.1) is 6.61 Å². The standard InChI is InChI=1S/C16H26N4O2/c1-3-22-15-14(7-6-8-17-15)12-19-16(21)18-11-13(2)20-9-4-5-10-20/h6-8,13H,3-5,9-12H2,1-2H3,(H2,18,19,21). The lowest BCUT2D eigenvalue weighted by Crippen LogP contribution is -2.44. The summed E-state index contributed by atoms with van der Waals surface area (Å²) in [6.07, 6.45) is 4.21. The largest absolute Gasteiger partial charge is 0.478 e. The van der Waals surface area contributed by atoms with E-state index in [1.54, 1.807) is 6.20 Å². The number of nitrogens with zero attached hydrogens (tertiary/aromatic N) is 2. The van der Waals surface area contributed by atoms with Crippen molar-refractivity contribution >= 4 is 6.03 Å². The third-order valence-electron chi connectivity index (χ3n) is 3.89. The Kier molecular flexibility index (Phi) is 6.45. The number of nitrogens with one attached hydrogen (secondary N) is 2. The van der Waals surface area contributed by atoms with Crippen LogP contribution in [-0.2, 0) is 6.54 Å². The summed E-state index contributed by atoms with van der Waals surface area (Å²) in [5.74, 6) is 0.579. The van der Waals surface area contributed by atoms with E-state index in [2.05, 4.69) is 27.4 Å². The molecule has 2 amide bonds. The molecule has 122 valence electrons. The van der Waals surface area contributed by atoms with Crippen LogP contribution in [0.25, 0.3) is 0 Å². The molecule has 0 bridgehead atoms. The third kappa shape index (κ3) is 4.87. The molecular formula is C16H26N4O2. The van der Waals surface area contributed by atoms with Gasteiger partial charge in [-0.25, -0.2) is 9.78 Å². The minimum absolute atomic E-state index is 0.155. The smallest absolute Gasteiger partial charge is 0.315 e. The molecule has 0 radical (unpaired) electrons. The third-order valence-corrected chi connectivity index (χ3v) is 3.89. The molecule has 1 aliphatic rings. The fraction of sp³-hybridized carbons (Fsp3) is 0.625. The molecular weight excluding hydrogens is 280 g/mol. The quantitative estimate of drug-likeness (QED) is 0.805. The van der Waals surface area contributed by atoms with Crippen molar-refractivity contribution in [1.29, 1.82) is 0 Å². The summed E-state index contributed by atoms with van der Waals surface area (Å²) in [4.78, 5) is 18.5. The van der Waals surface area contributed by atoms with E-state index in [0.717, 1.165) is 18.7 Å². The molecule has 2 heterocycles. The van der Waals surface area contributed by atoms with Crippen molar-refractivity contribution in [3.63, 3.8) is 0 Å². The van der Waals surface area contributed by atoms with Crippen LogP contribution in [0.3, 0.4) is 0 Å². The molecule has 1 aliphatic heterocycles. The van der Waals surface area contributed by atoms with Gasteiger partial charge in [0.25, 0.3) is 0 Å². The summed E-state index contributed by atoms with van der Waals surface area (Å²) in [6, 6.07) is 3.97. The Morgan fingerprint density at radius 3 is 2.91 bits per heavy atom. The van der Waals surface area contributed by atoms with Gasteiger partial charge in [-0.3, -0.25) is 4.90 Å². The van der Waals surface area contributed by atoms with Gasteiger partial charge in [0.1, 0.15) is 0 Å². The number of hydrogen-bond donors (Lipinski definition) is 2. The maximum Gasteiger partial charge on any atom is 0.315 e. The van der Waals surface area contributed by atoms with E-state index in [1.165, 1.54) is 12.8 Å². The molecule has 2 N–H and O–H groups in total. The second-order valence-corrected chi connectivity index (χ2v) is 5.56. The second kappa shape index (κ2) is 8.58. The zero-order chi connectivity index (χ0) is 15.8. The van der Waals surface area contributed by atoms with Gasteiger partial charge in [-0.05, 0) is 45.8 Å². The monoisotopic (exact) mass is 306 g/mol. The summed E-state index contributed by atoms with van der Waals surface area (Å²) in [5.41, 5.74) is 0.882. The van der Waals surface area contributed by atoms with Gasteiger partial charge in [-0.1, -0.05) is 6.07 Å². The Balaban J connectivity index is 1.73. The highest BCUT2D eigenvalue weighted by Gasteiger charge is 2.18. The van der Waals surface area contributed by atoms with Gasteiger partial charge in [0, 0.05) is 30.9 Å². The predicted molar refractivity (Wildman–Crippen MR) is 85.9 cm³/mol. The van der Waals surface area contributed by atoms with Crippen molar-refractivity contribution < 1.29 is 9.53 Å². The molecule has 0 aliphatic carbocycles. The van der Waals surface area contributed by atoms with E-state index >= 15 is 0 Å². The first-order valence-electron chi connectivity index (χ1n) is 8.03. The summed E-state index contributed by atoms with van der Waals surface area (Å²) in [6.45, 7) is 7.97. The molecule has 1 saturated heterocycles. The fourth-order valence-corrected chi connectivity index (χ4v) is 2.62. The average Bonchev–Trinajstić information content (AvgIpc) is 3.06. The maximum absolute atomic E-state index is 11.9. The highest BCUT2D eigenvalue weighted by atomic mass is 16.5. The van der Waals surface area contributed by atoms with Crippen LogP contribution in [0.1, 0.15) is 32.3 Å². The lowest BCUT2D eigenvalue weighted by atomic mass is 10.2.